The van der Waals surface area contributed by atoms with Gasteiger partial charge in [-0.3, -0.25) is 20.4 Å². The highest BCUT2D eigenvalue weighted by atomic mass is 79.9. The van der Waals surface area contributed by atoms with Gasteiger partial charge in [-0.1, -0.05) is 36.7 Å². The highest BCUT2D eigenvalue weighted by Crippen LogP contribution is 2.26. The minimum atomic E-state index is -0.448. The van der Waals surface area contributed by atoms with Gasteiger partial charge in [0.15, 0.2) is 6.61 Å². The lowest BCUT2D eigenvalue weighted by Gasteiger charge is -2.10. The van der Waals surface area contributed by atoms with Gasteiger partial charge in [0.1, 0.15) is 5.75 Å². The summed E-state index contributed by atoms with van der Waals surface area (Å²) in [7, 11) is 0. The van der Waals surface area contributed by atoms with Crippen molar-refractivity contribution in [3.63, 3.8) is 0 Å². The summed E-state index contributed by atoms with van der Waals surface area (Å²) in [6.07, 6.45) is 1.06. The van der Waals surface area contributed by atoms with Crippen LogP contribution in [0.25, 0.3) is 0 Å². The third-order valence-electron chi connectivity index (χ3n) is 3.38. The van der Waals surface area contributed by atoms with E-state index in [-0.39, 0.29) is 18.9 Å². The number of hydrazine groups is 1. The quantitative estimate of drug-likeness (QED) is 0.697. The molecule has 0 aliphatic rings. The van der Waals surface area contributed by atoms with Crippen molar-refractivity contribution in [3.05, 3.63) is 63.1 Å². The fourth-order valence-electron chi connectivity index (χ4n) is 2.03. The summed E-state index contributed by atoms with van der Waals surface area (Å²) in [6, 6.07) is 12.6. The Labute approximate surface area is 159 Å². The number of amides is 2. The van der Waals surface area contributed by atoms with Gasteiger partial charge in [-0.2, -0.15) is 0 Å². The number of hydrogen-bond acceptors (Lipinski definition) is 3. The molecule has 0 heterocycles. The normalized spacial score (nSPS) is 10.2. The Hall–Kier alpha value is -2.05. The molecule has 0 fully saturated rings. The standard InChI is InChI=1S/C18H18BrClN2O3/c1-2-12-5-8-16(15(19)9-12)25-11-18(24)22-21-17(23)10-13-3-6-14(20)7-4-13/h3-9H,2,10-11H2,1H3,(H,21,23)(H,22,24). The summed E-state index contributed by atoms with van der Waals surface area (Å²) < 4.78 is 6.22. The maximum absolute atomic E-state index is 11.8. The van der Waals surface area contributed by atoms with Gasteiger partial charge in [0.05, 0.1) is 10.9 Å². The molecule has 0 radical (unpaired) electrons. The zero-order valence-electron chi connectivity index (χ0n) is 13.6. The molecule has 132 valence electrons. The van der Waals surface area contributed by atoms with E-state index in [1.807, 2.05) is 12.1 Å². The van der Waals surface area contributed by atoms with Crippen molar-refractivity contribution >= 4 is 39.3 Å². The van der Waals surface area contributed by atoms with Gasteiger partial charge in [-0.25, -0.2) is 0 Å². The Morgan fingerprint density at radius 2 is 1.68 bits per heavy atom. The van der Waals surface area contributed by atoms with Crippen LogP contribution in [0.15, 0.2) is 46.9 Å². The first-order chi connectivity index (χ1) is 12.0. The van der Waals surface area contributed by atoms with Crippen LogP contribution in [0.2, 0.25) is 5.02 Å². The molecule has 2 aromatic carbocycles. The molecule has 0 aliphatic heterocycles. The van der Waals surface area contributed by atoms with Gasteiger partial charge in [-0.15, -0.1) is 0 Å². The van der Waals surface area contributed by atoms with Gasteiger partial charge in [0, 0.05) is 5.02 Å². The molecule has 0 unspecified atom stereocenters. The molecule has 25 heavy (non-hydrogen) atoms. The maximum Gasteiger partial charge on any atom is 0.276 e. The molecular formula is C18H18BrClN2O3. The maximum atomic E-state index is 11.8. The lowest BCUT2D eigenvalue weighted by molar-refractivity contribution is -0.129. The van der Waals surface area contributed by atoms with Gasteiger partial charge in [0.25, 0.3) is 5.91 Å². The van der Waals surface area contributed by atoms with E-state index in [4.69, 9.17) is 16.3 Å². The van der Waals surface area contributed by atoms with Crippen molar-refractivity contribution in [2.24, 2.45) is 0 Å². The van der Waals surface area contributed by atoms with Gasteiger partial charge < -0.3 is 4.74 Å². The molecule has 0 bridgehead atoms. The summed E-state index contributed by atoms with van der Waals surface area (Å²) in [5.74, 6) is -0.208. The molecule has 0 atom stereocenters. The summed E-state index contributed by atoms with van der Waals surface area (Å²) in [6.45, 7) is 1.85. The molecule has 0 aromatic heterocycles. The molecule has 2 aromatic rings. The van der Waals surface area contributed by atoms with E-state index in [1.165, 1.54) is 0 Å². The number of hydrogen-bond donors (Lipinski definition) is 2. The predicted molar refractivity (Wildman–Crippen MR) is 100 cm³/mol. The Morgan fingerprint density at radius 3 is 2.32 bits per heavy atom. The second-order valence-electron chi connectivity index (χ2n) is 5.31. The fraction of sp³-hybridized carbons (Fsp3) is 0.222. The highest BCUT2D eigenvalue weighted by Gasteiger charge is 2.08. The number of carbonyl (C=O) groups is 2. The van der Waals surface area contributed by atoms with Crippen LogP contribution in [0.5, 0.6) is 5.75 Å². The van der Waals surface area contributed by atoms with Crippen LogP contribution in [-0.2, 0) is 22.4 Å². The van der Waals surface area contributed by atoms with E-state index in [9.17, 15) is 9.59 Å². The smallest absolute Gasteiger partial charge is 0.276 e. The van der Waals surface area contributed by atoms with Crippen LogP contribution in [0.1, 0.15) is 18.1 Å². The van der Waals surface area contributed by atoms with E-state index in [1.54, 1.807) is 30.3 Å². The average Bonchev–Trinajstić information content (AvgIpc) is 2.60. The molecule has 5 nitrogen and oxygen atoms in total. The monoisotopic (exact) mass is 424 g/mol. The van der Waals surface area contributed by atoms with Crippen molar-refractivity contribution in [3.8, 4) is 5.75 Å². The fourth-order valence-corrected chi connectivity index (χ4v) is 2.70. The van der Waals surface area contributed by atoms with Gasteiger partial charge in [-0.05, 0) is 57.7 Å². The molecule has 0 spiro atoms. The van der Waals surface area contributed by atoms with E-state index < -0.39 is 5.91 Å². The molecule has 0 saturated heterocycles. The minimum absolute atomic E-state index is 0.141. The number of ether oxygens (including phenoxy) is 1. The zero-order chi connectivity index (χ0) is 18.2. The average molecular weight is 426 g/mol. The van der Waals surface area contributed by atoms with Crippen molar-refractivity contribution in [2.75, 3.05) is 6.61 Å². The van der Waals surface area contributed by atoms with Crippen LogP contribution in [0.4, 0.5) is 0 Å². The van der Waals surface area contributed by atoms with Crippen LogP contribution >= 0.6 is 27.5 Å². The Bertz CT molecular complexity index is 750. The van der Waals surface area contributed by atoms with E-state index in [2.05, 4.69) is 33.7 Å². The summed E-state index contributed by atoms with van der Waals surface area (Å²) >= 11 is 9.20. The molecule has 2 N–H and O–H groups in total. The predicted octanol–water partition coefficient (Wildman–Crippen LogP) is 3.43. The molecule has 2 rings (SSSR count). The minimum Gasteiger partial charge on any atom is -0.483 e. The summed E-state index contributed by atoms with van der Waals surface area (Å²) in [5.41, 5.74) is 6.64. The van der Waals surface area contributed by atoms with E-state index >= 15 is 0 Å². The topological polar surface area (TPSA) is 67.4 Å². The molecule has 0 saturated carbocycles. The molecule has 2 amide bonds. The largest absolute Gasteiger partial charge is 0.483 e. The van der Waals surface area contributed by atoms with Crippen LogP contribution in [0.3, 0.4) is 0 Å². The lowest BCUT2D eigenvalue weighted by atomic mass is 10.1. The van der Waals surface area contributed by atoms with Gasteiger partial charge in [0.2, 0.25) is 5.91 Å². The Kier molecular flexibility index (Phi) is 7.28. The zero-order valence-corrected chi connectivity index (χ0v) is 16.0. The highest BCUT2D eigenvalue weighted by molar-refractivity contribution is 9.10. The van der Waals surface area contributed by atoms with Crippen LogP contribution in [-0.4, -0.2) is 18.4 Å². The number of rotatable bonds is 6. The number of nitrogens with one attached hydrogen (secondary N) is 2. The first-order valence-corrected chi connectivity index (χ1v) is 8.88. The second kappa shape index (κ2) is 9.44. The third-order valence-corrected chi connectivity index (χ3v) is 4.25. The Balaban J connectivity index is 1.75. The van der Waals surface area contributed by atoms with Crippen molar-refractivity contribution in [1.29, 1.82) is 0 Å². The number of carbonyl (C=O) groups excluding carboxylic acids is 2. The molecule has 7 heteroatoms. The first kappa shape index (κ1) is 19.3. The number of aryl methyl sites for hydroxylation is 1. The van der Waals surface area contributed by atoms with E-state index in [0.717, 1.165) is 22.0 Å². The number of halogens is 2. The van der Waals surface area contributed by atoms with Crippen LogP contribution in [0, 0.1) is 0 Å². The SMILES string of the molecule is CCc1ccc(OCC(=O)NNC(=O)Cc2ccc(Cl)cc2)c(Br)c1. The second-order valence-corrected chi connectivity index (χ2v) is 6.60. The van der Waals surface area contributed by atoms with Gasteiger partial charge >= 0.3 is 0 Å². The summed E-state index contributed by atoms with van der Waals surface area (Å²) in [4.78, 5) is 23.6. The molecular weight excluding hydrogens is 408 g/mol. The van der Waals surface area contributed by atoms with Crippen molar-refractivity contribution in [2.45, 2.75) is 19.8 Å². The first-order valence-electron chi connectivity index (χ1n) is 7.71. The third kappa shape index (κ3) is 6.40. The lowest BCUT2D eigenvalue weighted by Crippen LogP contribution is -2.44. The Morgan fingerprint density at radius 1 is 1.04 bits per heavy atom. The van der Waals surface area contributed by atoms with Crippen molar-refractivity contribution < 1.29 is 14.3 Å². The summed E-state index contributed by atoms with van der Waals surface area (Å²) in [5, 5.41) is 0.604. The van der Waals surface area contributed by atoms with Crippen LogP contribution < -0.4 is 15.6 Å². The van der Waals surface area contributed by atoms with E-state index in [0.29, 0.717) is 10.8 Å². The molecule has 0 aliphatic carbocycles. The number of benzene rings is 2. The van der Waals surface area contributed by atoms with Crippen molar-refractivity contribution in [1.82, 2.24) is 10.9 Å².